The standard InChI is InChI=1S/C21H29N3O3/c1-15-5-6-17(10-16(15)2)13-24-8-7-21(14-24)11-19(23-27-21)20(25)22-12-18-4-3-9-26-18/h5-6,10,18H,3-4,7-9,11-14H2,1-2H3,(H,22,25)/t18-,21-/m0/s1. The molecule has 0 radical (unpaired) electrons. The fourth-order valence-corrected chi connectivity index (χ4v) is 4.20. The Bertz CT molecular complexity index is 742. The molecule has 3 aliphatic heterocycles. The summed E-state index contributed by atoms with van der Waals surface area (Å²) in [6.45, 7) is 8.33. The molecule has 0 unspecified atom stereocenters. The highest BCUT2D eigenvalue weighted by molar-refractivity contribution is 6.39. The Hall–Kier alpha value is -1.92. The van der Waals surface area contributed by atoms with Gasteiger partial charge in [0, 0.05) is 45.6 Å². The number of hydrogen-bond donors (Lipinski definition) is 1. The molecule has 1 aromatic carbocycles. The van der Waals surface area contributed by atoms with Gasteiger partial charge in [0.2, 0.25) is 0 Å². The van der Waals surface area contributed by atoms with Gasteiger partial charge in [0.25, 0.3) is 5.91 Å². The van der Waals surface area contributed by atoms with Gasteiger partial charge in [-0.1, -0.05) is 23.4 Å². The van der Waals surface area contributed by atoms with Crippen LogP contribution in [0.4, 0.5) is 0 Å². The molecule has 1 amide bonds. The van der Waals surface area contributed by atoms with Crippen molar-refractivity contribution >= 4 is 11.6 Å². The number of likely N-dealkylation sites (tertiary alicyclic amines) is 1. The van der Waals surface area contributed by atoms with Crippen LogP contribution in [0, 0.1) is 13.8 Å². The van der Waals surface area contributed by atoms with Crippen LogP contribution in [0.15, 0.2) is 23.4 Å². The number of benzene rings is 1. The molecular weight excluding hydrogens is 342 g/mol. The fraction of sp³-hybridized carbons (Fsp3) is 0.619. The molecule has 146 valence electrons. The van der Waals surface area contributed by atoms with Crippen LogP contribution < -0.4 is 5.32 Å². The average molecular weight is 371 g/mol. The smallest absolute Gasteiger partial charge is 0.269 e. The van der Waals surface area contributed by atoms with Crippen LogP contribution >= 0.6 is 0 Å². The van der Waals surface area contributed by atoms with Crippen molar-refractivity contribution in [1.82, 2.24) is 10.2 Å². The molecule has 0 aliphatic carbocycles. The number of hydrogen-bond acceptors (Lipinski definition) is 5. The summed E-state index contributed by atoms with van der Waals surface area (Å²) in [7, 11) is 0. The summed E-state index contributed by atoms with van der Waals surface area (Å²) in [6, 6.07) is 6.64. The minimum Gasteiger partial charge on any atom is -0.387 e. The lowest BCUT2D eigenvalue weighted by Crippen LogP contribution is -2.39. The van der Waals surface area contributed by atoms with Gasteiger partial charge in [0.05, 0.1) is 6.10 Å². The molecule has 1 N–H and O–H groups in total. The average Bonchev–Trinajstić information content (AvgIpc) is 3.39. The van der Waals surface area contributed by atoms with E-state index in [1.54, 1.807) is 0 Å². The van der Waals surface area contributed by atoms with E-state index in [1.807, 2.05) is 0 Å². The largest absolute Gasteiger partial charge is 0.387 e. The molecule has 4 rings (SSSR count). The molecule has 0 aromatic heterocycles. The third-order valence-electron chi connectivity index (χ3n) is 5.99. The van der Waals surface area contributed by atoms with E-state index in [9.17, 15) is 4.79 Å². The van der Waals surface area contributed by atoms with Crippen molar-refractivity contribution in [2.45, 2.75) is 57.8 Å². The van der Waals surface area contributed by atoms with Crippen molar-refractivity contribution in [3.05, 3.63) is 34.9 Å². The summed E-state index contributed by atoms with van der Waals surface area (Å²) in [5.74, 6) is -0.116. The number of amides is 1. The maximum atomic E-state index is 12.4. The molecule has 2 atom stereocenters. The second kappa shape index (κ2) is 7.60. The van der Waals surface area contributed by atoms with Gasteiger partial charge in [0.1, 0.15) is 5.71 Å². The Labute approximate surface area is 160 Å². The van der Waals surface area contributed by atoms with E-state index in [-0.39, 0.29) is 17.6 Å². The van der Waals surface area contributed by atoms with Crippen LogP contribution in [0.2, 0.25) is 0 Å². The molecule has 0 bridgehead atoms. The van der Waals surface area contributed by atoms with E-state index < -0.39 is 0 Å². The predicted molar refractivity (Wildman–Crippen MR) is 104 cm³/mol. The summed E-state index contributed by atoms with van der Waals surface area (Å²) in [4.78, 5) is 20.6. The van der Waals surface area contributed by atoms with Gasteiger partial charge < -0.3 is 14.9 Å². The summed E-state index contributed by atoms with van der Waals surface area (Å²) >= 11 is 0. The van der Waals surface area contributed by atoms with Crippen molar-refractivity contribution < 1.29 is 14.4 Å². The summed E-state index contributed by atoms with van der Waals surface area (Å²) < 4.78 is 5.55. The number of aryl methyl sites for hydroxylation is 2. The first-order valence-corrected chi connectivity index (χ1v) is 9.96. The Morgan fingerprint density at radius 2 is 2.26 bits per heavy atom. The van der Waals surface area contributed by atoms with Crippen molar-refractivity contribution in [3.63, 3.8) is 0 Å². The summed E-state index contributed by atoms with van der Waals surface area (Å²) in [5.41, 5.74) is 4.15. The molecule has 27 heavy (non-hydrogen) atoms. The van der Waals surface area contributed by atoms with Crippen LogP contribution in [-0.2, 0) is 20.9 Å². The number of carbonyl (C=O) groups is 1. The fourth-order valence-electron chi connectivity index (χ4n) is 4.20. The Morgan fingerprint density at radius 1 is 1.37 bits per heavy atom. The van der Waals surface area contributed by atoms with Crippen LogP contribution in [-0.4, -0.2) is 54.5 Å². The number of nitrogens with one attached hydrogen (secondary N) is 1. The predicted octanol–water partition coefficient (Wildman–Crippen LogP) is 2.32. The van der Waals surface area contributed by atoms with E-state index in [0.717, 1.165) is 45.5 Å². The van der Waals surface area contributed by atoms with Crippen molar-refractivity contribution in [2.24, 2.45) is 5.16 Å². The highest BCUT2D eigenvalue weighted by Gasteiger charge is 2.46. The van der Waals surface area contributed by atoms with Gasteiger partial charge >= 0.3 is 0 Å². The van der Waals surface area contributed by atoms with Crippen molar-refractivity contribution in [2.75, 3.05) is 26.2 Å². The van der Waals surface area contributed by atoms with E-state index >= 15 is 0 Å². The molecule has 6 nitrogen and oxygen atoms in total. The molecule has 2 fully saturated rings. The highest BCUT2D eigenvalue weighted by atomic mass is 16.7. The lowest BCUT2D eigenvalue weighted by Gasteiger charge is -2.22. The number of rotatable bonds is 5. The zero-order chi connectivity index (χ0) is 18.9. The van der Waals surface area contributed by atoms with Gasteiger partial charge in [-0.2, -0.15) is 0 Å². The maximum Gasteiger partial charge on any atom is 0.269 e. The Morgan fingerprint density at radius 3 is 3.04 bits per heavy atom. The monoisotopic (exact) mass is 371 g/mol. The zero-order valence-electron chi connectivity index (χ0n) is 16.3. The summed E-state index contributed by atoms with van der Waals surface area (Å²) in [5, 5.41) is 7.07. The minimum atomic E-state index is -0.337. The number of oxime groups is 1. The van der Waals surface area contributed by atoms with Gasteiger partial charge in [0.15, 0.2) is 5.60 Å². The first-order chi connectivity index (χ1) is 13.0. The number of carbonyl (C=O) groups excluding carboxylic acids is 1. The molecule has 3 aliphatic rings. The van der Waals surface area contributed by atoms with Crippen molar-refractivity contribution in [1.29, 1.82) is 0 Å². The van der Waals surface area contributed by atoms with Gasteiger partial charge in [-0.05, 0) is 43.4 Å². The Kier molecular flexibility index (Phi) is 5.19. The third kappa shape index (κ3) is 4.17. The van der Waals surface area contributed by atoms with Crippen LogP contribution in [0.1, 0.15) is 42.4 Å². The Balaban J connectivity index is 1.28. The molecule has 0 saturated carbocycles. The zero-order valence-corrected chi connectivity index (χ0v) is 16.3. The first kappa shape index (κ1) is 18.4. The lowest BCUT2D eigenvalue weighted by atomic mass is 9.96. The van der Waals surface area contributed by atoms with E-state index in [4.69, 9.17) is 9.57 Å². The second-order valence-corrected chi connectivity index (χ2v) is 8.21. The van der Waals surface area contributed by atoms with Crippen LogP contribution in [0.3, 0.4) is 0 Å². The van der Waals surface area contributed by atoms with E-state index in [0.29, 0.717) is 18.7 Å². The molecule has 6 heteroatoms. The molecule has 1 spiro atoms. The van der Waals surface area contributed by atoms with Crippen molar-refractivity contribution in [3.8, 4) is 0 Å². The number of ether oxygens (including phenoxy) is 1. The van der Waals surface area contributed by atoms with Gasteiger partial charge in [-0.15, -0.1) is 0 Å². The normalized spacial score (nSPS) is 27.8. The van der Waals surface area contributed by atoms with Gasteiger partial charge in [-0.25, -0.2) is 0 Å². The van der Waals surface area contributed by atoms with Crippen LogP contribution in [0.5, 0.6) is 0 Å². The molecule has 1 aromatic rings. The highest BCUT2D eigenvalue weighted by Crippen LogP contribution is 2.34. The summed E-state index contributed by atoms with van der Waals surface area (Å²) in [6.07, 6.45) is 3.73. The van der Waals surface area contributed by atoms with Gasteiger partial charge in [-0.3, -0.25) is 9.69 Å². The number of nitrogens with zero attached hydrogens (tertiary/aromatic N) is 2. The molecule has 3 heterocycles. The lowest BCUT2D eigenvalue weighted by molar-refractivity contribution is -0.115. The minimum absolute atomic E-state index is 0.116. The molecular formula is C21H29N3O3. The van der Waals surface area contributed by atoms with E-state index in [2.05, 4.69) is 47.4 Å². The topological polar surface area (TPSA) is 63.2 Å². The SMILES string of the molecule is Cc1ccc(CN2CC[C@]3(CC(C(=O)NC[C@@H]4CCCO4)=NO3)C2)cc1C. The first-order valence-electron chi connectivity index (χ1n) is 9.96. The quantitative estimate of drug-likeness (QED) is 0.863. The molecule has 2 saturated heterocycles. The second-order valence-electron chi connectivity index (χ2n) is 8.21. The maximum absolute atomic E-state index is 12.4. The third-order valence-corrected chi connectivity index (χ3v) is 5.99. The van der Waals surface area contributed by atoms with E-state index in [1.165, 1.54) is 16.7 Å². The van der Waals surface area contributed by atoms with Crippen LogP contribution in [0.25, 0.3) is 0 Å².